The van der Waals surface area contributed by atoms with E-state index in [1.54, 1.807) is 6.08 Å². The summed E-state index contributed by atoms with van der Waals surface area (Å²) < 4.78 is 11.8. The standard InChI is InChI=1S/C42H58O6/c1-30(13-11-17-31-15-5-4-6-16-31)14-12-24-41-35(43)22-25-40(3,33-18-7-8-19-33)38(41)34-28-39(2,23-10-9-20-36(44)48-34)42(41,46)26-21-32-27-37(45)47-29-32/h4-6,15-16,27,30,33-35,38,43,46H,7-9,11-14,17-22,24-26,28-29H2,1-3H3/t30-,34+,35+,38?,39+,40+,41+,42-/m1/s1. The fourth-order valence-electron chi connectivity index (χ4n) is 11.2. The van der Waals surface area contributed by atoms with Gasteiger partial charge in [-0.25, -0.2) is 4.79 Å². The summed E-state index contributed by atoms with van der Waals surface area (Å²) in [5, 5.41) is 26.3. The molecular weight excluding hydrogens is 600 g/mol. The van der Waals surface area contributed by atoms with Crippen LogP contribution in [0.25, 0.3) is 0 Å². The van der Waals surface area contributed by atoms with E-state index in [0.717, 1.165) is 56.9 Å². The number of aliphatic hydroxyl groups excluding tert-OH is 1. The first-order valence-electron chi connectivity index (χ1n) is 19.0. The highest BCUT2D eigenvalue weighted by Gasteiger charge is 2.75. The maximum atomic E-state index is 13.7. The summed E-state index contributed by atoms with van der Waals surface area (Å²) in [7, 11) is 0. The third kappa shape index (κ3) is 6.51. The number of esters is 2. The molecule has 5 aliphatic rings. The fraction of sp³-hybridized carbons (Fsp3) is 0.714. The maximum absolute atomic E-state index is 13.7. The van der Waals surface area contributed by atoms with E-state index in [9.17, 15) is 19.8 Å². The molecule has 0 saturated heterocycles. The quantitative estimate of drug-likeness (QED) is 0.175. The molecule has 6 heteroatoms. The van der Waals surface area contributed by atoms with Gasteiger partial charge in [0.2, 0.25) is 0 Å². The summed E-state index contributed by atoms with van der Waals surface area (Å²) in [5.41, 5.74) is -1.13. The third-order valence-electron chi connectivity index (χ3n) is 13.7. The van der Waals surface area contributed by atoms with Gasteiger partial charge in [-0.15, -0.1) is 5.92 Å². The average molecular weight is 659 g/mol. The lowest BCUT2D eigenvalue weighted by molar-refractivity contribution is -0.313. The van der Waals surface area contributed by atoms with Gasteiger partial charge >= 0.3 is 11.9 Å². The molecule has 3 saturated carbocycles. The van der Waals surface area contributed by atoms with Crippen molar-refractivity contribution in [3.8, 4) is 11.8 Å². The molecule has 0 amide bonds. The molecule has 2 heterocycles. The molecule has 8 atom stereocenters. The SMILES string of the molecule is C[C@H](CCCc1ccccc1)CCC[C@]12C([C@@H]3C[C@](C)(C#CCCC(=O)O3)[C@]1(O)CCC1=CC(=O)OC1)[C@](C)(C1CCCC1)CC[C@@H]2O. The number of fused-ring (bicyclic) bond motifs is 4. The summed E-state index contributed by atoms with van der Waals surface area (Å²) in [6.45, 7) is 7.02. The molecule has 2 aliphatic heterocycles. The van der Waals surface area contributed by atoms with Crippen molar-refractivity contribution in [2.75, 3.05) is 6.61 Å². The zero-order valence-corrected chi connectivity index (χ0v) is 29.6. The van der Waals surface area contributed by atoms with Crippen LogP contribution in [0.4, 0.5) is 0 Å². The summed E-state index contributed by atoms with van der Waals surface area (Å²) in [6.07, 6.45) is 14.4. The van der Waals surface area contributed by atoms with Crippen LogP contribution in [0, 0.1) is 45.8 Å². The van der Waals surface area contributed by atoms with Crippen molar-refractivity contribution >= 4 is 11.9 Å². The first-order chi connectivity index (χ1) is 23.0. The Morgan fingerprint density at radius 3 is 2.48 bits per heavy atom. The Hall–Kier alpha value is -2.62. The number of benzene rings is 1. The van der Waals surface area contributed by atoms with Gasteiger partial charge in [0.15, 0.2) is 0 Å². The number of carbonyl (C=O) groups is 2. The minimum atomic E-state index is -1.37. The molecule has 0 radical (unpaired) electrons. The van der Waals surface area contributed by atoms with Gasteiger partial charge in [0.05, 0.1) is 23.5 Å². The van der Waals surface area contributed by atoms with Gasteiger partial charge < -0.3 is 19.7 Å². The molecule has 0 spiro atoms. The Balaban J connectivity index is 1.37. The third-order valence-corrected chi connectivity index (χ3v) is 13.7. The lowest BCUT2D eigenvalue weighted by atomic mass is 9.36. The topological polar surface area (TPSA) is 93.1 Å². The monoisotopic (exact) mass is 658 g/mol. The van der Waals surface area contributed by atoms with E-state index in [4.69, 9.17) is 9.47 Å². The van der Waals surface area contributed by atoms with Crippen molar-refractivity contribution in [3.05, 3.63) is 47.5 Å². The van der Waals surface area contributed by atoms with Gasteiger partial charge in [0, 0.05) is 30.3 Å². The summed E-state index contributed by atoms with van der Waals surface area (Å²) in [4.78, 5) is 25.4. The minimum absolute atomic E-state index is 0.190. The number of aryl methyl sites for hydroxylation is 1. The van der Waals surface area contributed by atoms with Crippen molar-refractivity contribution in [1.82, 2.24) is 0 Å². The average Bonchev–Trinajstić information content (AvgIpc) is 3.76. The van der Waals surface area contributed by atoms with Gasteiger partial charge in [-0.3, -0.25) is 4.79 Å². The molecule has 262 valence electrons. The van der Waals surface area contributed by atoms with Crippen molar-refractivity contribution < 1.29 is 29.3 Å². The molecule has 48 heavy (non-hydrogen) atoms. The maximum Gasteiger partial charge on any atom is 0.331 e. The normalized spacial score (nSPS) is 37.2. The predicted octanol–water partition coefficient (Wildman–Crippen LogP) is 7.88. The van der Waals surface area contributed by atoms with Crippen LogP contribution in [-0.2, 0) is 25.5 Å². The first-order valence-corrected chi connectivity index (χ1v) is 19.0. The van der Waals surface area contributed by atoms with Gasteiger partial charge in [-0.05, 0) is 93.1 Å². The highest BCUT2D eigenvalue weighted by Crippen LogP contribution is 2.71. The Morgan fingerprint density at radius 1 is 1.00 bits per heavy atom. The van der Waals surface area contributed by atoms with E-state index in [1.165, 1.54) is 18.4 Å². The molecule has 1 unspecified atom stereocenters. The second-order valence-corrected chi connectivity index (χ2v) is 16.6. The Bertz CT molecular complexity index is 1400. The van der Waals surface area contributed by atoms with Crippen LogP contribution in [0.1, 0.15) is 129 Å². The van der Waals surface area contributed by atoms with Crippen LogP contribution in [-0.4, -0.2) is 46.6 Å². The first kappa shape index (κ1) is 35.2. The van der Waals surface area contributed by atoms with Gasteiger partial charge in [0.25, 0.3) is 0 Å². The van der Waals surface area contributed by atoms with Gasteiger partial charge in [-0.2, -0.15) is 0 Å². The Kier molecular flexibility index (Phi) is 10.5. The molecule has 1 aromatic carbocycles. The highest BCUT2D eigenvalue weighted by atomic mass is 16.5. The largest absolute Gasteiger partial charge is 0.462 e. The Morgan fingerprint density at radius 2 is 1.75 bits per heavy atom. The van der Waals surface area contributed by atoms with Crippen LogP contribution >= 0.6 is 0 Å². The second kappa shape index (κ2) is 14.3. The van der Waals surface area contributed by atoms with Crippen LogP contribution in [0.5, 0.6) is 0 Å². The second-order valence-electron chi connectivity index (χ2n) is 16.6. The van der Waals surface area contributed by atoms with E-state index in [1.807, 2.05) is 0 Å². The van der Waals surface area contributed by atoms with Crippen molar-refractivity contribution in [2.24, 2.45) is 34.0 Å². The number of hydrogen-bond donors (Lipinski definition) is 2. The predicted molar refractivity (Wildman–Crippen MR) is 186 cm³/mol. The molecule has 6 nitrogen and oxygen atoms in total. The van der Waals surface area contributed by atoms with Gasteiger partial charge in [0.1, 0.15) is 12.7 Å². The van der Waals surface area contributed by atoms with Crippen LogP contribution < -0.4 is 0 Å². The number of carbonyl (C=O) groups excluding carboxylic acids is 2. The lowest BCUT2D eigenvalue weighted by Crippen LogP contribution is -2.76. The van der Waals surface area contributed by atoms with Crippen LogP contribution in [0.15, 0.2) is 42.0 Å². The number of aliphatic hydroxyl groups is 2. The van der Waals surface area contributed by atoms with Crippen molar-refractivity contribution in [2.45, 2.75) is 148 Å². The zero-order valence-electron chi connectivity index (χ0n) is 29.6. The number of ether oxygens (including phenoxy) is 2. The van der Waals surface area contributed by atoms with E-state index in [2.05, 4.69) is 62.9 Å². The molecule has 3 fully saturated rings. The smallest absolute Gasteiger partial charge is 0.331 e. The van der Waals surface area contributed by atoms with Crippen LogP contribution in [0.2, 0.25) is 0 Å². The van der Waals surface area contributed by atoms with E-state index in [-0.39, 0.29) is 36.3 Å². The molecule has 2 N–H and O–H groups in total. The summed E-state index contributed by atoms with van der Waals surface area (Å²) >= 11 is 0. The fourth-order valence-corrected chi connectivity index (χ4v) is 11.2. The van der Waals surface area contributed by atoms with Crippen LogP contribution in [0.3, 0.4) is 0 Å². The highest BCUT2D eigenvalue weighted by molar-refractivity contribution is 5.85. The van der Waals surface area contributed by atoms with E-state index >= 15 is 0 Å². The lowest BCUT2D eigenvalue weighted by Gasteiger charge is -2.71. The number of hydrogen-bond acceptors (Lipinski definition) is 6. The van der Waals surface area contributed by atoms with Gasteiger partial charge in [-0.1, -0.05) is 82.2 Å². The van der Waals surface area contributed by atoms with E-state index in [0.29, 0.717) is 50.4 Å². The number of cyclic esters (lactones) is 1. The zero-order chi connectivity index (χ0) is 34.0. The number of rotatable bonds is 12. The molecular formula is C42H58O6. The van der Waals surface area contributed by atoms with Crippen molar-refractivity contribution in [3.63, 3.8) is 0 Å². The summed E-state index contributed by atoms with van der Waals surface area (Å²) in [6, 6.07) is 10.7. The molecule has 2 bridgehead atoms. The minimum Gasteiger partial charge on any atom is -0.462 e. The molecule has 6 rings (SSSR count). The molecule has 1 aromatic rings. The molecule has 3 aliphatic carbocycles. The van der Waals surface area contributed by atoms with Crippen molar-refractivity contribution in [1.29, 1.82) is 0 Å². The molecule has 0 aromatic heterocycles. The summed E-state index contributed by atoms with van der Waals surface area (Å²) in [5.74, 6) is 7.02. The van der Waals surface area contributed by atoms with E-state index < -0.39 is 28.6 Å². The Labute approximate surface area is 288 Å².